The van der Waals surface area contributed by atoms with Crippen molar-refractivity contribution in [3.05, 3.63) is 30.5 Å². The van der Waals surface area contributed by atoms with Crippen LogP contribution in [0, 0.1) is 0 Å². The van der Waals surface area contributed by atoms with Gasteiger partial charge in [0.15, 0.2) is 9.99 Å². The van der Waals surface area contributed by atoms with Crippen LogP contribution < -0.4 is 10.1 Å². The number of hydrogen-bond acceptors (Lipinski definition) is 8. The van der Waals surface area contributed by atoms with Crippen LogP contribution in [0.4, 0.5) is 4.39 Å². The van der Waals surface area contributed by atoms with Gasteiger partial charge in [-0.3, -0.25) is 4.79 Å². The van der Waals surface area contributed by atoms with Gasteiger partial charge in [-0.1, -0.05) is 11.8 Å². The number of thioether (sulfide) groups is 1. The second-order valence-electron chi connectivity index (χ2n) is 9.85. The van der Waals surface area contributed by atoms with Crippen LogP contribution in [-0.4, -0.2) is 49.7 Å². The van der Waals surface area contributed by atoms with Gasteiger partial charge < -0.3 is 14.6 Å². The first-order valence-corrected chi connectivity index (χ1v) is 13.0. The van der Waals surface area contributed by atoms with Crippen molar-refractivity contribution in [3.63, 3.8) is 0 Å². The molecule has 5 rings (SSSR count). The third-order valence-corrected chi connectivity index (χ3v) is 8.33. The maximum atomic E-state index is 15.5. The molecule has 0 saturated carbocycles. The number of rotatable bonds is 5. The minimum absolute atomic E-state index is 0.221. The minimum Gasteiger partial charge on any atom is -0.428 e. The second kappa shape index (κ2) is 8.28. The summed E-state index contributed by atoms with van der Waals surface area (Å²) in [6, 6.07) is 7.14. The van der Waals surface area contributed by atoms with Crippen LogP contribution in [0.5, 0.6) is 5.75 Å². The molecule has 0 aliphatic carbocycles. The SMILES string of the molecule is CSc1nc2cc(OC=O)c(-c3cc4ccn([C@H]5CC(C)(C)NC(C)(C)[C@H]5F)c4nn3)cc2s1. The van der Waals surface area contributed by atoms with Crippen LogP contribution >= 0.6 is 23.1 Å². The van der Waals surface area contributed by atoms with Gasteiger partial charge in [0, 0.05) is 34.3 Å². The molecule has 0 spiro atoms. The molecular weight excluding hydrogens is 473 g/mol. The maximum absolute atomic E-state index is 15.5. The zero-order valence-electron chi connectivity index (χ0n) is 19.6. The Morgan fingerprint density at radius 3 is 2.79 bits per heavy atom. The van der Waals surface area contributed by atoms with Crippen molar-refractivity contribution in [2.45, 2.75) is 61.7 Å². The van der Waals surface area contributed by atoms with Gasteiger partial charge in [-0.15, -0.1) is 21.5 Å². The van der Waals surface area contributed by atoms with Crippen molar-refractivity contribution in [1.82, 2.24) is 25.1 Å². The van der Waals surface area contributed by atoms with Gasteiger partial charge in [-0.05, 0) is 58.6 Å². The molecule has 0 unspecified atom stereocenters. The van der Waals surface area contributed by atoms with E-state index in [-0.39, 0.29) is 11.6 Å². The Morgan fingerprint density at radius 2 is 2.06 bits per heavy atom. The third-order valence-electron chi connectivity index (χ3n) is 6.32. The molecule has 1 saturated heterocycles. The first kappa shape index (κ1) is 23.2. The largest absolute Gasteiger partial charge is 0.428 e. The van der Waals surface area contributed by atoms with Crippen LogP contribution in [0.3, 0.4) is 0 Å². The fourth-order valence-corrected chi connectivity index (χ4v) is 6.57. The van der Waals surface area contributed by atoms with E-state index < -0.39 is 11.7 Å². The molecule has 1 fully saturated rings. The Labute approximate surface area is 205 Å². The van der Waals surface area contributed by atoms with E-state index in [2.05, 4.69) is 34.3 Å². The fraction of sp³-hybridized carbons (Fsp3) is 0.417. The minimum atomic E-state index is -1.09. The summed E-state index contributed by atoms with van der Waals surface area (Å²) in [5.74, 6) is 0.374. The molecule has 1 aliphatic heterocycles. The molecule has 4 aromatic rings. The molecule has 34 heavy (non-hydrogen) atoms. The summed E-state index contributed by atoms with van der Waals surface area (Å²) in [5.41, 5.74) is 1.74. The van der Waals surface area contributed by atoms with Gasteiger partial charge in [0.2, 0.25) is 0 Å². The third kappa shape index (κ3) is 3.97. The van der Waals surface area contributed by atoms with E-state index in [4.69, 9.17) is 4.74 Å². The fourth-order valence-electron chi connectivity index (χ4n) is 5.06. The van der Waals surface area contributed by atoms with E-state index in [1.807, 2.05) is 49.1 Å². The van der Waals surface area contributed by atoms with E-state index in [1.165, 1.54) is 0 Å². The van der Waals surface area contributed by atoms with E-state index in [0.717, 1.165) is 19.9 Å². The number of thiazole rings is 1. The highest BCUT2D eigenvalue weighted by Crippen LogP contribution is 2.41. The molecule has 178 valence electrons. The smallest absolute Gasteiger partial charge is 0.298 e. The summed E-state index contributed by atoms with van der Waals surface area (Å²) < 4.78 is 24.6. The molecule has 4 heterocycles. The predicted molar refractivity (Wildman–Crippen MR) is 134 cm³/mol. The first-order chi connectivity index (χ1) is 16.1. The zero-order valence-corrected chi connectivity index (χ0v) is 21.3. The highest BCUT2D eigenvalue weighted by Gasteiger charge is 2.47. The number of nitrogens with one attached hydrogen (secondary N) is 1. The van der Waals surface area contributed by atoms with Crippen molar-refractivity contribution < 1.29 is 13.9 Å². The number of carbonyl (C=O) groups is 1. The number of nitrogens with zero attached hydrogens (tertiary/aromatic N) is 4. The van der Waals surface area contributed by atoms with Crippen LogP contribution in [0.2, 0.25) is 0 Å². The molecule has 0 bridgehead atoms. The summed E-state index contributed by atoms with van der Waals surface area (Å²) >= 11 is 3.13. The molecule has 0 amide bonds. The van der Waals surface area contributed by atoms with Gasteiger partial charge in [-0.2, -0.15) is 0 Å². The molecule has 10 heteroatoms. The van der Waals surface area contributed by atoms with Crippen LogP contribution in [0.1, 0.15) is 40.2 Å². The normalized spacial score (nSPS) is 21.7. The maximum Gasteiger partial charge on any atom is 0.298 e. The molecular formula is C24H26FN5O2S2. The number of alkyl halides is 1. The van der Waals surface area contributed by atoms with Crippen molar-refractivity contribution in [3.8, 4) is 17.0 Å². The lowest BCUT2D eigenvalue weighted by molar-refractivity contribution is -0.120. The number of carbonyl (C=O) groups excluding carboxylic acids is 1. The topological polar surface area (TPSA) is 81.9 Å². The van der Waals surface area contributed by atoms with Crippen molar-refractivity contribution in [2.75, 3.05) is 6.26 Å². The lowest BCUT2D eigenvalue weighted by Crippen LogP contribution is -2.64. The highest BCUT2D eigenvalue weighted by atomic mass is 32.2. The molecule has 1 aromatic carbocycles. The van der Waals surface area contributed by atoms with Gasteiger partial charge in [0.1, 0.15) is 11.9 Å². The van der Waals surface area contributed by atoms with E-state index >= 15 is 4.39 Å². The van der Waals surface area contributed by atoms with Crippen molar-refractivity contribution in [1.29, 1.82) is 0 Å². The quantitative estimate of drug-likeness (QED) is 0.291. The zero-order chi connectivity index (χ0) is 24.3. The Bertz CT molecular complexity index is 1400. The lowest BCUT2D eigenvalue weighted by atomic mass is 9.78. The lowest BCUT2D eigenvalue weighted by Gasteiger charge is -2.49. The molecule has 1 N–H and O–H groups in total. The predicted octanol–water partition coefficient (Wildman–Crippen LogP) is 5.39. The molecule has 3 aromatic heterocycles. The number of halogens is 1. The Morgan fingerprint density at radius 1 is 1.26 bits per heavy atom. The summed E-state index contributed by atoms with van der Waals surface area (Å²) in [4.78, 5) is 15.7. The summed E-state index contributed by atoms with van der Waals surface area (Å²) in [5, 5.41) is 13.2. The number of fused-ring (bicyclic) bond motifs is 2. The van der Waals surface area contributed by atoms with E-state index in [0.29, 0.717) is 35.5 Å². The average molecular weight is 500 g/mol. The number of piperidine rings is 1. The number of ether oxygens (including phenoxy) is 1. The number of aromatic nitrogens is 4. The number of hydrogen-bond donors (Lipinski definition) is 1. The molecule has 7 nitrogen and oxygen atoms in total. The van der Waals surface area contributed by atoms with Crippen molar-refractivity contribution in [2.24, 2.45) is 0 Å². The van der Waals surface area contributed by atoms with Gasteiger partial charge in [0.05, 0.1) is 22.0 Å². The van der Waals surface area contributed by atoms with Crippen molar-refractivity contribution >= 4 is 50.8 Å². The van der Waals surface area contributed by atoms with Gasteiger partial charge in [0.25, 0.3) is 6.47 Å². The number of benzene rings is 1. The summed E-state index contributed by atoms with van der Waals surface area (Å²) in [7, 11) is 0. The standard InChI is InChI=1S/C24H26FN5O2S2/c1-23(2)11-17(20(25)24(3,4)29-23)30-7-6-13-8-15(27-28-21(13)30)14-9-19-16(10-18(14)32-12-31)26-22(33-5)34-19/h6-10,12,17,20,29H,11H2,1-5H3/t17-,20-/m0/s1. The molecule has 2 atom stereocenters. The molecule has 1 aliphatic rings. The average Bonchev–Trinajstić information content (AvgIpc) is 3.38. The Kier molecular flexibility index (Phi) is 5.65. The summed E-state index contributed by atoms with van der Waals surface area (Å²) in [6.07, 6.45) is 3.39. The van der Waals surface area contributed by atoms with E-state index in [1.54, 1.807) is 29.2 Å². The van der Waals surface area contributed by atoms with Crippen LogP contribution in [0.25, 0.3) is 32.5 Å². The Balaban J connectivity index is 1.59. The molecule has 0 radical (unpaired) electrons. The van der Waals surface area contributed by atoms with Gasteiger partial charge in [-0.25, -0.2) is 9.37 Å². The highest BCUT2D eigenvalue weighted by molar-refractivity contribution is 8.00. The summed E-state index contributed by atoms with van der Waals surface area (Å²) in [6.45, 7) is 8.38. The first-order valence-electron chi connectivity index (χ1n) is 11.0. The monoisotopic (exact) mass is 499 g/mol. The second-order valence-corrected chi connectivity index (χ2v) is 11.9. The van der Waals surface area contributed by atoms with Gasteiger partial charge >= 0.3 is 0 Å². The van der Waals surface area contributed by atoms with Crippen LogP contribution in [0.15, 0.2) is 34.8 Å². The van der Waals surface area contributed by atoms with E-state index in [9.17, 15) is 4.79 Å². The van der Waals surface area contributed by atoms with Crippen LogP contribution in [-0.2, 0) is 4.79 Å². The Hall–Kier alpha value is -2.56.